The summed E-state index contributed by atoms with van der Waals surface area (Å²) in [7, 11) is 0. The fourth-order valence-corrected chi connectivity index (χ4v) is 8.94. The molecule has 0 amide bonds. The molecule has 1 atom stereocenters. The fourth-order valence-electron chi connectivity index (χ4n) is 8.94. The van der Waals surface area contributed by atoms with Crippen LogP contribution in [0.1, 0.15) is 103 Å². The second kappa shape index (κ2) is 10.6. The minimum absolute atomic E-state index is 0.0354. The van der Waals surface area contributed by atoms with Gasteiger partial charge in [-0.3, -0.25) is 0 Å². The van der Waals surface area contributed by atoms with Crippen molar-refractivity contribution in [2.24, 2.45) is 5.41 Å². The Bertz CT molecular complexity index is 2210. The molecule has 0 N–H and O–H groups in total. The van der Waals surface area contributed by atoms with Gasteiger partial charge in [0.05, 0.1) is 6.04 Å². The van der Waals surface area contributed by atoms with Crippen LogP contribution in [0.15, 0.2) is 115 Å². The fraction of sp³-hybridized carbons (Fsp3) is 0.333. The highest BCUT2D eigenvalue weighted by Crippen LogP contribution is 2.58. The van der Waals surface area contributed by atoms with Gasteiger partial charge in [0.15, 0.2) is 0 Å². The Labute approximate surface area is 294 Å². The lowest BCUT2D eigenvalue weighted by atomic mass is 9.79. The second-order valence-corrected chi connectivity index (χ2v) is 17.8. The van der Waals surface area contributed by atoms with Gasteiger partial charge in [-0.15, -0.1) is 0 Å². The van der Waals surface area contributed by atoms with Crippen molar-refractivity contribution in [1.82, 2.24) is 0 Å². The van der Waals surface area contributed by atoms with E-state index in [2.05, 4.69) is 183 Å². The van der Waals surface area contributed by atoms with Crippen molar-refractivity contribution >= 4 is 22.1 Å². The van der Waals surface area contributed by atoms with Gasteiger partial charge in [-0.1, -0.05) is 148 Å². The lowest BCUT2D eigenvalue weighted by Crippen LogP contribution is -2.31. The summed E-state index contributed by atoms with van der Waals surface area (Å²) >= 11 is 0. The van der Waals surface area contributed by atoms with Gasteiger partial charge in [0.25, 0.3) is 0 Å². The van der Waals surface area contributed by atoms with E-state index in [1.54, 1.807) is 0 Å². The summed E-state index contributed by atoms with van der Waals surface area (Å²) in [6.07, 6.45) is 8.27. The lowest BCUT2D eigenvalue weighted by Gasteiger charge is -2.36. The highest BCUT2D eigenvalue weighted by Gasteiger charge is 2.43. The van der Waals surface area contributed by atoms with E-state index in [4.69, 9.17) is 0 Å². The van der Waals surface area contributed by atoms with Crippen LogP contribution in [-0.2, 0) is 16.2 Å². The minimum atomic E-state index is -0.149. The molecule has 248 valence electrons. The standard InChI is InChI=1S/C48H51N/c1-45(2,3)30-19-23-32(24-20-30)49(33-25-21-31(22-26-33)46(4,5)6)43-29-42-44(36-17-12-11-16-35(36)43)38-28-40-37(27-41(38)48(42,9)10)34-15-13-14-18-39(34)47(40,7)8/h11-25,27-29,33H,26H2,1-10H3. The largest absolute Gasteiger partial charge is 0.334 e. The topological polar surface area (TPSA) is 3.24 Å². The number of benzene rings is 5. The summed E-state index contributed by atoms with van der Waals surface area (Å²) in [5.41, 5.74) is 16.7. The van der Waals surface area contributed by atoms with Gasteiger partial charge < -0.3 is 4.90 Å². The number of allylic oxidation sites excluding steroid dienone is 2. The molecule has 5 aromatic carbocycles. The first-order valence-corrected chi connectivity index (χ1v) is 18.2. The summed E-state index contributed by atoms with van der Waals surface area (Å²) in [6.45, 7) is 23.5. The molecule has 0 heterocycles. The van der Waals surface area contributed by atoms with Gasteiger partial charge >= 0.3 is 0 Å². The molecule has 0 radical (unpaired) electrons. The number of hydrogen-bond acceptors (Lipinski definition) is 1. The van der Waals surface area contributed by atoms with Crippen LogP contribution in [0.4, 0.5) is 11.4 Å². The Balaban J connectivity index is 1.35. The van der Waals surface area contributed by atoms with E-state index in [1.807, 2.05) is 0 Å². The normalized spacial score (nSPS) is 18.5. The Hall–Kier alpha value is -4.36. The Morgan fingerprint density at radius 3 is 1.86 bits per heavy atom. The van der Waals surface area contributed by atoms with E-state index >= 15 is 0 Å². The van der Waals surface area contributed by atoms with Crippen LogP contribution in [0.2, 0.25) is 0 Å². The SMILES string of the molecule is CC(C)(C)C1=CCC(N(c2ccc(C(C)(C)C)cc2)c2cc3c(c4ccccc24)-c2cc4c(cc2C3(C)C)-c2ccccc2C4(C)C)C=C1. The van der Waals surface area contributed by atoms with Crippen LogP contribution >= 0.6 is 0 Å². The third-order valence-corrected chi connectivity index (χ3v) is 11.9. The third-order valence-electron chi connectivity index (χ3n) is 11.9. The quantitative estimate of drug-likeness (QED) is 0.189. The summed E-state index contributed by atoms with van der Waals surface area (Å²) < 4.78 is 0. The molecule has 0 aliphatic heterocycles. The number of hydrogen-bond donors (Lipinski definition) is 0. The van der Waals surface area contributed by atoms with Crippen molar-refractivity contribution in [2.45, 2.75) is 97.9 Å². The van der Waals surface area contributed by atoms with Crippen molar-refractivity contribution in [1.29, 1.82) is 0 Å². The maximum atomic E-state index is 2.62. The van der Waals surface area contributed by atoms with Crippen LogP contribution in [-0.4, -0.2) is 6.04 Å². The molecular formula is C48H51N. The monoisotopic (exact) mass is 641 g/mol. The van der Waals surface area contributed by atoms with Gasteiger partial charge in [0, 0.05) is 27.6 Å². The molecule has 0 fully saturated rings. The molecule has 5 aromatic rings. The first-order chi connectivity index (χ1) is 23.1. The predicted octanol–water partition coefficient (Wildman–Crippen LogP) is 13.2. The number of fused-ring (bicyclic) bond motifs is 8. The molecule has 0 bridgehead atoms. The molecule has 1 unspecified atom stereocenters. The smallest absolute Gasteiger partial charge is 0.0560 e. The van der Waals surface area contributed by atoms with E-state index < -0.39 is 0 Å². The molecule has 3 aliphatic rings. The molecule has 49 heavy (non-hydrogen) atoms. The molecule has 1 heteroatoms. The third kappa shape index (κ3) is 4.79. The number of anilines is 2. The van der Waals surface area contributed by atoms with Crippen molar-refractivity contribution in [3.05, 3.63) is 143 Å². The van der Waals surface area contributed by atoms with Crippen LogP contribution in [0, 0.1) is 5.41 Å². The van der Waals surface area contributed by atoms with Gasteiger partial charge in [-0.2, -0.15) is 0 Å². The van der Waals surface area contributed by atoms with Crippen molar-refractivity contribution in [3.8, 4) is 22.3 Å². The van der Waals surface area contributed by atoms with Gasteiger partial charge in [-0.05, 0) is 109 Å². The van der Waals surface area contributed by atoms with Crippen LogP contribution in [0.25, 0.3) is 33.0 Å². The highest BCUT2D eigenvalue weighted by molar-refractivity contribution is 6.09. The van der Waals surface area contributed by atoms with Gasteiger partial charge in [-0.25, -0.2) is 0 Å². The number of rotatable bonds is 3. The Kier molecular flexibility index (Phi) is 6.88. The van der Waals surface area contributed by atoms with E-state index in [1.165, 1.54) is 77.8 Å². The van der Waals surface area contributed by atoms with Crippen molar-refractivity contribution in [2.75, 3.05) is 4.90 Å². The molecule has 0 saturated heterocycles. The van der Waals surface area contributed by atoms with E-state index in [9.17, 15) is 0 Å². The molecule has 1 nitrogen and oxygen atoms in total. The van der Waals surface area contributed by atoms with Gasteiger partial charge in [0.2, 0.25) is 0 Å². The average Bonchev–Trinajstić information content (AvgIpc) is 3.43. The molecule has 3 aliphatic carbocycles. The molecule has 0 aromatic heterocycles. The number of nitrogens with zero attached hydrogens (tertiary/aromatic N) is 1. The molecule has 0 spiro atoms. The maximum absolute atomic E-state index is 2.62. The molecule has 0 saturated carbocycles. The first-order valence-electron chi connectivity index (χ1n) is 18.2. The maximum Gasteiger partial charge on any atom is 0.0560 e. The Morgan fingerprint density at radius 2 is 1.20 bits per heavy atom. The average molecular weight is 642 g/mol. The van der Waals surface area contributed by atoms with Crippen molar-refractivity contribution in [3.63, 3.8) is 0 Å². The van der Waals surface area contributed by atoms with Crippen molar-refractivity contribution < 1.29 is 0 Å². The summed E-state index contributed by atoms with van der Waals surface area (Å²) in [5.74, 6) is 0. The van der Waals surface area contributed by atoms with E-state index in [0.29, 0.717) is 0 Å². The van der Waals surface area contributed by atoms with Crippen LogP contribution < -0.4 is 4.90 Å². The zero-order chi connectivity index (χ0) is 34.7. The summed E-state index contributed by atoms with van der Waals surface area (Å²) in [4.78, 5) is 2.62. The Morgan fingerprint density at radius 1 is 0.592 bits per heavy atom. The summed E-state index contributed by atoms with van der Waals surface area (Å²) in [5, 5.41) is 2.66. The predicted molar refractivity (Wildman–Crippen MR) is 211 cm³/mol. The molecule has 8 rings (SSSR count). The van der Waals surface area contributed by atoms with Crippen LogP contribution in [0.3, 0.4) is 0 Å². The lowest BCUT2D eigenvalue weighted by molar-refractivity contribution is 0.510. The minimum Gasteiger partial charge on any atom is -0.334 e. The van der Waals surface area contributed by atoms with E-state index in [-0.39, 0.29) is 27.7 Å². The van der Waals surface area contributed by atoms with E-state index in [0.717, 1.165) is 6.42 Å². The second-order valence-electron chi connectivity index (χ2n) is 17.8. The van der Waals surface area contributed by atoms with Crippen LogP contribution in [0.5, 0.6) is 0 Å². The zero-order valence-electron chi connectivity index (χ0n) is 31.1. The highest BCUT2D eigenvalue weighted by atomic mass is 15.2. The molecular weight excluding hydrogens is 591 g/mol. The zero-order valence-corrected chi connectivity index (χ0v) is 31.1. The van der Waals surface area contributed by atoms with Gasteiger partial charge in [0.1, 0.15) is 0 Å². The first kappa shape index (κ1) is 31.9. The summed E-state index contributed by atoms with van der Waals surface area (Å²) in [6, 6.07) is 35.4.